The average molecular weight is 249 g/mol. The molecule has 0 saturated carbocycles. The van der Waals surface area contributed by atoms with Gasteiger partial charge in [-0.05, 0) is 31.5 Å². The highest BCUT2D eigenvalue weighted by Gasteiger charge is 2.17. The fourth-order valence-corrected chi connectivity index (χ4v) is 3.20. The molecule has 1 aliphatic heterocycles. The Bertz CT molecular complexity index is 449. The molecule has 17 heavy (non-hydrogen) atoms. The highest BCUT2D eigenvalue weighted by molar-refractivity contribution is 7.85. The molecule has 1 aromatic heterocycles. The van der Waals surface area contributed by atoms with Crippen molar-refractivity contribution in [2.24, 2.45) is 0 Å². The minimum atomic E-state index is -1.12. The lowest BCUT2D eigenvalue weighted by Crippen LogP contribution is -2.38. The summed E-state index contributed by atoms with van der Waals surface area (Å²) < 4.78 is 12.1. The van der Waals surface area contributed by atoms with Gasteiger partial charge in [-0.25, -0.2) is 4.98 Å². The summed E-state index contributed by atoms with van der Waals surface area (Å²) >= 11 is 0. The zero-order valence-electron chi connectivity index (χ0n) is 9.56. The van der Waals surface area contributed by atoms with E-state index >= 15 is 0 Å². The molecule has 0 unspecified atom stereocenters. The van der Waals surface area contributed by atoms with Crippen molar-refractivity contribution in [1.29, 1.82) is 5.26 Å². The summed E-state index contributed by atoms with van der Waals surface area (Å²) in [6, 6.07) is 5.59. The molecule has 2 heterocycles. The second kappa shape index (κ2) is 5.89. The molecule has 90 valence electrons. The van der Waals surface area contributed by atoms with Gasteiger partial charge in [0.05, 0.1) is 22.4 Å². The van der Waals surface area contributed by atoms with Crippen molar-refractivity contribution in [1.82, 2.24) is 10.3 Å². The Morgan fingerprint density at radius 2 is 2.47 bits per heavy atom. The average Bonchev–Trinajstić information content (AvgIpc) is 2.40. The van der Waals surface area contributed by atoms with Crippen molar-refractivity contribution in [3.8, 4) is 6.07 Å². The summed E-state index contributed by atoms with van der Waals surface area (Å²) in [6.07, 6.45) is 5.01. The predicted octanol–water partition coefficient (Wildman–Crippen LogP) is 1.20. The molecule has 0 aromatic carbocycles. The minimum absolute atomic E-state index is 0.317. The zero-order chi connectivity index (χ0) is 12.1. The summed E-state index contributed by atoms with van der Waals surface area (Å²) in [6.45, 7) is 1.01. The monoisotopic (exact) mass is 249 g/mol. The number of piperidine rings is 1. The fourth-order valence-electron chi connectivity index (χ4n) is 1.94. The third-order valence-corrected chi connectivity index (χ3v) is 4.26. The lowest BCUT2D eigenvalue weighted by atomic mass is 10.1. The van der Waals surface area contributed by atoms with Gasteiger partial charge in [0.2, 0.25) is 0 Å². The van der Waals surface area contributed by atoms with Crippen LogP contribution >= 0.6 is 0 Å². The molecule has 2 rings (SSSR count). The molecule has 1 saturated heterocycles. The van der Waals surface area contributed by atoms with Crippen LogP contribution < -0.4 is 5.32 Å². The van der Waals surface area contributed by atoms with E-state index in [1.807, 2.05) is 6.07 Å². The van der Waals surface area contributed by atoms with Crippen LogP contribution in [0.25, 0.3) is 0 Å². The maximum atomic E-state index is 12.1. The predicted molar refractivity (Wildman–Crippen MR) is 65.9 cm³/mol. The second-order valence-electron chi connectivity index (χ2n) is 4.15. The van der Waals surface area contributed by atoms with E-state index in [4.69, 9.17) is 5.26 Å². The van der Waals surface area contributed by atoms with Crippen molar-refractivity contribution in [3.05, 3.63) is 23.9 Å². The number of rotatable bonds is 3. The smallest absolute Gasteiger partial charge is 0.128 e. The highest BCUT2D eigenvalue weighted by atomic mass is 32.2. The van der Waals surface area contributed by atoms with Gasteiger partial charge in [0, 0.05) is 18.0 Å². The summed E-state index contributed by atoms with van der Waals surface area (Å²) in [7, 11) is -1.12. The maximum absolute atomic E-state index is 12.1. The molecule has 0 amide bonds. The molecular weight excluding hydrogens is 234 g/mol. The van der Waals surface area contributed by atoms with Gasteiger partial charge in [0.15, 0.2) is 0 Å². The number of aromatic nitrogens is 1. The Labute approximate surface area is 104 Å². The van der Waals surface area contributed by atoms with Gasteiger partial charge in [-0.3, -0.25) is 4.21 Å². The second-order valence-corrected chi connectivity index (χ2v) is 5.60. The Morgan fingerprint density at radius 3 is 3.18 bits per heavy atom. The lowest BCUT2D eigenvalue weighted by Gasteiger charge is -2.22. The SMILES string of the molecule is N#Cc1ccnc([S@](=O)C[C@@H]2CCCCN2)c1. The van der Waals surface area contributed by atoms with E-state index in [0.29, 0.717) is 22.4 Å². The first-order chi connectivity index (χ1) is 8.29. The fraction of sp³-hybridized carbons (Fsp3) is 0.500. The first kappa shape index (κ1) is 12.2. The van der Waals surface area contributed by atoms with E-state index in [2.05, 4.69) is 10.3 Å². The van der Waals surface area contributed by atoms with Crippen molar-refractivity contribution in [2.75, 3.05) is 12.3 Å². The van der Waals surface area contributed by atoms with Gasteiger partial charge in [-0.1, -0.05) is 6.42 Å². The number of nitrogens with zero attached hydrogens (tertiary/aromatic N) is 2. The van der Waals surface area contributed by atoms with Crippen LogP contribution in [0.15, 0.2) is 23.4 Å². The van der Waals surface area contributed by atoms with Crippen molar-refractivity contribution >= 4 is 10.8 Å². The van der Waals surface area contributed by atoms with Crippen LogP contribution in [0.4, 0.5) is 0 Å². The Morgan fingerprint density at radius 1 is 1.59 bits per heavy atom. The van der Waals surface area contributed by atoms with E-state index in [-0.39, 0.29) is 0 Å². The van der Waals surface area contributed by atoms with E-state index in [1.165, 1.54) is 12.8 Å². The van der Waals surface area contributed by atoms with Gasteiger partial charge in [0.1, 0.15) is 5.03 Å². The Kier molecular flexibility index (Phi) is 4.24. The molecule has 1 aromatic rings. The Balaban J connectivity index is 2.01. The van der Waals surface area contributed by atoms with E-state index < -0.39 is 10.8 Å². The summed E-state index contributed by atoms with van der Waals surface area (Å²) in [4.78, 5) is 4.07. The van der Waals surface area contributed by atoms with Gasteiger partial charge in [-0.15, -0.1) is 0 Å². The van der Waals surface area contributed by atoms with Crippen LogP contribution in [0.2, 0.25) is 0 Å². The number of pyridine rings is 1. The summed E-state index contributed by atoms with van der Waals surface area (Å²) in [5.41, 5.74) is 0.514. The van der Waals surface area contributed by atoms with Gasteiger partial charge in [0.25, 0.3) is 0 Å². The number of nitriles is 1. The van der Waals surface area contributed by atoms with Gasteiger partial charge >= 0.3 is 0 Å². The van der Waals surface area contributed by atoms with Crippen LogP contribution in [0, 0.1) is 11.3 Å². The largest absolute Gasteiger partial charge is 0.313 e. The summed E-state index contributed by atoms with van der Waals surface area (Å²) in [5, 5.41) is 12.6. The number of nitrogens with one attached hydrogen (secondary N) is 1. The first-order valence-corrected chi connectivity index (χ1v) is 7.09. The van der Waals surface area contributed by atoms with Crippen LogP contribution in [0.3, 0.4) is 0 Å². The molecule has 0 bridgehead atoms. The molecular formula is C12H15N3OS. The summed E-state index contributed by atoms with van der Waals surface area (Å²) in [5.74, 6) is 0.585. The molecule has 0 spiro atoms. The molecule has 1 fully saturated rings. The quantitative estimate of drug-likeness (QED) is 0.874. The standard InChI is InChI=1S/C12H15N3OS/c13-8-10-4-6-15-12(7-10)17(16)9-11-3-1-2-5-14-11/h4,6-7,11,14H,1-3,5,9H2/t11-,17+/m0/s1. The topological polar surface area (TPSA) is 65.8 Å². The highest BCUT2D eigenvalue weighted by Crippen LogP contribution is 2.12. The normalized spacial score (nSPS) is 21.7. The third-order valence-electron chi connectivity index (χ3n) is 2.86. The van der Waals surface area contributed by atoms with Crippen molar-refractivity contribution in [3.63, 3.8) is 0 Å². The lowest BCUT2D eigenvalue weighted by molar-refractivity contribution is 0.427. The van der Waals surface area contributed by atoms with Crippen LogP contribution in [-0.2, 0) is 10.8 Å². The van der Waals surface area contributed by atoms with Crippen LogP contribution in [-0.4, -0.2) is 27.5 Å². The third kappa shape index (κ3) is 3.35. The minimum Gasteiger partial charge on any atom is -0.313 e. The molecule has 0 aliphatic carbocycles. The molecule has 4 nitrogen and oxygen atoms in total. The Hall–Kier alpha value is -1.25. The number of hydrogen-bond acceptors (Lipinski definition) is 4. The molecule has 0 radical (unpaired) electrons. The van der Waals surface area contributed by atoms with Gasteiger partial charge in [-0.2, -0.15) is 5.26 Å². The van der Waals surface area contributed by atoms with Gasteiger partial charge < -0.3 is 5.32 Å². The molecule has 1 aliphatic rings. The number of hydrogen-bond donors (Lipinski definition) is 1. The maximum Gasteiger partial charge on any atom is 0.128 e. The molecule has 1 N–H and O–H groups in total. The van der Waals surface area contributed by atoms with E-state index in [0.717, 1.165) is 13.0 Å². The molecule has 5 heteroatoms. The van der Waals surface area contributed by atoms with Crippen LogP contribution in [0.1, 0.15) is 24.8 Å². The van der Waals surface area contributed by atoms with Crippen molar-refractivity contribution in [2.45, 2.75) is 30.3 Å². The zero-order valence-corrected chi connectivity index (χ0v) is 10.4. The molecule has 2 atom stereocenters. The van der Waals surface area contributed by atoms with Crippen molar-refractivity contribution < 1.29 is 4.21 Å². The van der Waals surface area contributed by atoms with Crippen LogP contribution in [0.5, 0.6) is 0 Å². The van der Waals surface area contributed by atoms with E-state index in [9.17, 15) is 4.21 Å². The van der Waals surface area contributed by atoms with E-state index in [1.54, 1.807) is 18.3 Å². The first-order valence-electron chi connectivity index (χ1n) is 5.77.